The fraction of sp³-hybridized carbons (Fsp3) is 0.318. The van der Waals surface area contributed by atoms with Gasteiger partial charge in [0.15, 0.2) is 0 Å². The van der Waals surface area contributed by atoms with Crippen LogP contribution < -0.4 is 0 Å². The molecule has 2 atom stereocenters. The maximum atomic E-state index is 8.91. The topological polar surface area (TPSA) is 27.0 Å². The Balaban J connectivity index is 1.46. The van der Waals surface area contributed by atoms with Crippen LogP contribution in [-0.4, -0.2) is 17.0 Å². The lowest BCUT2D eigenvalue weighted by Gasteiger charge is -2.34. The zero-order valence-corrected chi connectivity index (χ0v) is 13.9. The minimum absolute atomic E-state index is 0.595. The van der Waals surface area contributed by atoms with E-state index in [0.717, 1.165) is 18.5 Å². The van der Waals surface area contributed by atoms with Gasteiger partial charge in [0.05, 0.1) is 11.6 Å². The molecular formula is C22H22N2. The summed E-state index contributed by atoms with van der Waals surface area (Å²) in [5.41, 5.74) is 5.04. The Kier molecular flexibility index (Phi) is 4.19. The maximum absolute atomic E-state index is 8.91. The van der Waals surface area contributed by atoms with Crippen LogP contribution in [0.15, 0.2) is 66.2 Å². The largest absolute Gasteiger partial charge is 0.289 e. The fourth-order valence-electron chi connectivity index (χ4n) is 4.14. The van der Waals surface area contributed by atoms with Crippen LogP contribution in [0.3, 0.4) is 0 Å². The van der Waals surface area contributed by atoms with Gasteiger partial charge in [-0.15, -0.1) is 0 Å². The molecule has 2 nitrogen and oxygen atoms in total. The van der Waals surface area contributed by atoms with Crippen molar-refractivity contribution in [2.24, 2.45) is 0 Å². The Morgan fingerprint density at radius 1 is 0.958 bits per heavy atom. The first-order valence-corrected chi connectivity index (χ1v) is 8.80. The molecule has 2 aliphatic heterocycles. The predicted molar refractivity (Wildman–Crippen MR) is 96.4 cm³/mol. The molecule has 2 bridgehead atoms. The molecule has 0 aliphatic carbocycles. The molecule has 2 aromatic carbocycles. The van der Waals surface area contributed by atoms with Crippen molar-refractivity contribution >= 4 is 0 Å². The summed E-state index contributed by atoms with van der Waals surface area (Å²) < 4.78 is 0. The van der Waals surface area contributed by atoms with Crippen LogP contribution in [0.1, 0.15) is 36.0 Å². The quantitative estimate of drug-likeness (QED) is 0.779. The van der Waals surface area contributed by atoms with E-state index in [0.29, 0.717) is 12.1 Å². The molecule has 24 heavy (non-hydrogen) atoms. The number of nitriles is 1. The fourth-order valence-corrected chi connectivity index (χ4v) is 4.14. The van der Waals surface area contributed by atoms with Gasteiger partial charge in [-0.3, -0.25) is 4.90 Å². The van der Waals surface area contributed by atoms with E-state index in [1.165, 1.54) is 30.4 Å². The van der Waals surface area contributed by atoms with Crippen molar-refractivity contribution in [3.8, 4) is 6.07 Å². The first-order chi connectivity index (χ1) is 11.8. The summed E-state index contributed by atoms with van der Waals surface area (Å²) in [6.45, 7) is 1.07. The van der Waals surface area contributed by atoms with Crippen molar-refractivity contribution in [3.05, 3.63) is 82.9 Å². The molecule has 4 rings (SSSR count). The van der Waals surface area contributed by atoms with E-state index in [4.69, 9.17) is 5.26 Å². The molecule has 1 fully saturated rings. The molecule has 2 unspecified atom stereocenters. The van der Waals surface area contributed by atoms with Gasteiger partial charge in [-0.2, -0.15) is 5.26 Å². The summed E-state index contributed by atoms with van der Waals surface area (Å²) in [5, 5.41) is 8.91. The zero-order valence-electron chi connectivity index (χ0n) is 13.9. The Labute approximate surface area is 144 Å². The molecule has 2 aromatic rings. The highest BCUT2D eigenvalue weighted by molar-refractivity contribution is 5.34. The van der Waals surface area contributed by atoms with Gasteiger partial charge in [0.25, 0.3) is 0 Å². The van der Waals surface area contributed by atoms with Crippen LogP contribution in [0.4, 0.5) is 0 Å². The molecule has 1 saturated heterocycles. The first-order valence-electron chi connectivity index (χ1n) is 8.80. The van der Waals surface area contributed by atoms with Crippen LogP contribution in [0, 0.1) is 11.3 Å². The van der Waals surface area contributed by atoms with Gasteiger partial charge in [-0.05, 0) is 48.9 Å². The molecule has 0 saturated carbocycles. The second-order valence-corrected chi connectivity index (χ2v) is 6.97. The van der Waals surface area contributed by atoms with Gasteiger partial charge < -0.3 is 0 Å². The molecular weight excluding hydrogens is 292 g/mol. The summed E-state index contributed by atoms with van der Waals surface area (Å²) in [6, 6.07) is 22.3. The highest BCUT2D eigenvalue weighted by Crippen LogP contribution is 2.36. The normalized spacial score (nSPS) is 22.9. The number of hydrogen-bond acceptors (Lipinski definition) is 2. The second-order valence-electron chi connectivity index (χ2n) is 6.97. The maximum Gasteiger partial charge on any atom is 0.0991 e. The molecule has 2 heterocycles. The van der Waals surface area contributed by atoms with Gasteiger partial charge >= 0.3 is 0 Å². The van der Waals surface area contributed by atoms with E-state index in [2.05, 4.69) is 59.5 Å². The SMILES string of the molecule is N#Cc1ccc(CC2=CC3CCC(C2)N3Cc2ccccc2)cc1. The molecule has 0 aromatic heterocycles. The molecule has 2 heteroatoms. The van der Waals surface area contributed by atoms with Crippen molar-refractivity contribution in [1.29, 1.82) is 5.26 Å². The van der Waals surface area contributed by atoms with Gasteiger partial charge in [0.2, 0.25) is 0 Å². The Morgan fingerprint density at radius 3 is 2.46 bits per heavy atom. The monoisotopic (exact) mass is 314 g/mol. The lowest BCUT2D eigenvalue weighted by Crippen LogP contribution is -2.38. The van der Waals surface area contributed by atoms with Crippen LogP contribution in [0.25, 0.3) is 0 Å². The van der Waals surface area contributed by atoms with Crippen molar-refractivity contribution in [3.63, 3.8) is 0 Å². The second kappa shape index (κ2) is 6.63. The molecule has 120 valence electrons. The highest BCUT2D eigenvalue weighted by atomic mass is 15.2. The Morgan fingerprint density at radius 2 is 1.75 bits per heavy atom. The summed E-state index contributed by atoms with van der Waals surface area (Å²) in [5.74, 6) is 0. The number of benzene rings is 2. The van der Waals surface area contributed by atoms with Gasteiger partial charge in [0.1, 0.15) is 0 Å². The summed E-state index contributed by atoms with van der Waals surface area (Å²) in [6.07, 6.45) is 7.31. The number of nitrogens with zero attached hydrogens (tertiary/aromatic N) is 2. The zero-order chi connectivity index (χ0) is 16.4. The van der Waals surface area contributed by atoms with E-state index < -0.39 is 0 Å². The van der Waals surface area contributed by atoms with E-state index in [1.54, 1.807) is 5.57 Å². The standard InChI is InChI=1S/C22H22N2/c23-15-18-8-6-17(7-9-18)12-20-13-21-10-11-22(14-20)24(21)16-19-4-2-1-3-5-19/h1-9,13,21-22H,10-12,14,16H2. The number of rotatable bonds is 4. The minimum Gasteiger partial charge on any atom is -0.289 e. The van der Waals surface area contributed by atoms with Crippen molar-refractivity contribution < 1.29 is 0 Å². The summed E-state index contributed by atoms with van der Waals surface area (Å²) in [7, 11) is 0. The lowest BCUT2D eigenvalue weighted by atomic mass is 9.94. The highest BCUT2D eigenvalue weighted by Gasteiger charge is 2.36. The van der Waals surface area contributed by atoms with Crippen molar-refractivity contribution in [2.45, 2.75) is 44.3 Å². The van der Waals surface area contributed by atoms with Crippen LogP contribution in [0.5, 0.6) is 0 Å². The Bertz CT molecular complexity index is 768. The van der Waals surface area contributed by atoms with Crippen LogP contribution in [0.2, 0.25) is 0 Å². The Hall–Kier alpha value is -2.37. The number of fused-ring (bicyclic) bond motifs is 2. The molecule has 0 spiro atoms. The van der Waals surface area contributed by atoms with Crippen molar-refractivity contribution in [1.82, 2.24) is 4.90 Å². The van der Waals surface area contributed by atoms with E-state index in [-0.39, 0.29) is 0 Å². The molecule has 0 amide bonds. The average Bonchev–Trinajstić information content (AvgIpc) is 2.86. The van der Waals surface area contributed by atoms with Crippen LogP contribution >= 0.6 is 0 Å². The van der Waals surface area contributed by atoms with Gasteiger partial charge in [-0.25, -0.2) is 0 Å². The minimum atomic E-state index is 0.595. The smallest absolute Gasteiger partial charge is 0.0991 e. The van der Waals surface area contributed by atoms with Crippen LogP contribution in [-0.2, 0) is 13.0 Å². The van der Waals surface area contributed by atoms with E-state index in [1.807, 2.05) is 12.1 Å². The molecule has 0 radical (unpaired) electrons. The van der Waals surface area contributed by atoms with E-state index >= 15 is 0 Å². The summed E-state index contributed by atoms with van der Waals surface area (Å²) >= 11 is 0. The van der Waals surface area contributed by atoms with Crippen molar-refractivity contribution in [2.75, 3.05) is 0 Å². The average molecular weight is 314 g/mol. The number of hydrogen-bond donors (Lipinski definition) is 0. The third-order valence-electron chi connectivity index (χ3n) is 5.34. The summed E-state index contributed by atoms with van der Waals surface area (Å²) in [4.78, 5) is 2.68. The van der Waals surface area contributed by atoms with E-state index in [9.17, 15) is 0 Å². The lowest BCUT2D eigenvalue weighted by molar-refractivity contribution is 0.195. The molecule has 2 aliphatic rings. The third kappa shape index (κ3) is 3.13. The predicted octanol–water partition coefficient (Wildman–Crippen LogP) is 4.46. The molecule has 0 N–H and O–H groups in total. The third-order valence-corrected chi connectivity index (χ3v) is 5.34. The van der Waals surface area contributed by atoms with Gasteiger partial charge in [0, 0.05) is 18.6 Å². The van der Waals surface area contributed by atoms with Gasteiger partial charge in [-0.1, -0.05) is 54.1 Å². The first kappa shape index (κ1) is 15.2.